The van der Waals surface area contributed by atoms with Crippen LogP contribution in [0.2, 0.25) is 0 Å². The molecule has 0 spiro atoms. The molecule has 1 N–H and O–H groups in total. The number of ether oxygens (including phenoxy) is 1. The lowest BCUT2D eigenvalue weighted by Gasteiger charge is -2.20. The van der Waals surface area contributed by atoms with E-state index in [1.165, 1.54) is 0 Å². The van der Waals surface area contributed by atoms with E-state index in [0.717, 1.165) is 0 Å². The third kappa shape index (κ3) is 3.22. The van der Waals surface area contributed by atoms with Gasteiger partial charge in [0.2, 0.25) is 0 Å². The van der Waals surface area contributed by atoms with Gasteiger partial charge in [-0.15, -0.1) is 0 Å². The van der Waals surface area contributed by atoms with Crippen LogP contribution in [0.4, 0.5) is 0 Å². The highest BCUT2D eigenvalue weighted by atomic mass is 16.5. The average molecular weight is 174 g/mol. The minimum atomic E-state index is -0.607. The van der Waals surface area contributed by atoms with Crippen LogP contribution in [-0.4, -0.2) is 23.8 Å². The SMILES string of the molecule is CCOC(=O)C(C)C(O)C(C)C. The maximum Gasteiger partial charge on any atom is 0.311 e. The van der Waals surface area contributed by atoms with Gasteiger partial charge in [0.1, 0.15) is 0 Å². The van der Waals surface area contributed by atoms with Crippen LogP contribution in [0.25, 0.3) is 0 Å². The van der Waals surface area contributed by atoms with Crippen LogP contribution >= 0.6 is 0 Å². The number of esters is 1. The van der Waals surface area contributed by atoms with Gasteiger partial charge in [-0.25, -0.2) is 0 Å². The van der Waals surface area contributed by atoms with Gasteiger partial charge in [0.15, 0.2) is 0 Å². The van der Waals surface area contributed by atoms with Gasteiger partial charge in [-0.05, 0) is 19.8 Å². The molecule has 0 aliphatic heterocycles. The van der Waals surface area contributed by atoms with Crippen molar-refractivity contribution >= 4 is 5.97 Å². The standard InChI is InChI=1S/C9H18O3/c1-5-12-9(11)7(4)8(10)6(2)3/h6-8,10H,5H2,1-4H3. The molecule has 2 unspecified atom stereocenters. The van der Waals surface area contributed by atoms with E-state index in [4.69, 9.17) is 4.74 Å². The summed E-state index contributed by atoms with van der Waals surface area (Å²) in [5.41, 5.74) is 0. The summed E-state index contributed by atoms with van der Waals surface area (Å²) < 4.78 is 4.78. The number of carbonyl (C=O) groups excluding carboxylic acids is 1. The lowest BCUT2D eigenvalue weighted by atomic mass is 9.95. The zero-order valence-electron chi connectivity index (χ0n) is 8.20. The highest BCUT2D eigenvalue weighted by Crippen LogP contribution is 2.13. The van der Waals surface area contributed by atoms with Crippen LogP contribution in [0, 0.1) is 11.8 Å². The molecule has 0 bridgehead atoms. The van der Waals surface area contributed by atoms with Crippen molar-refractivity contribution in [2.45, 2.75) is 33.8 Å². The summed E-state index contributed by atoms with van der Waals surface area (Å²) in [6.45, 7) is 7.56. The van der Waals surface area contributed by atoms with Crippen LogP contribution < -0.4 is 0 Å². The van der Waals surface area contributed by atoms with Crippen LogP contribution in [0.15, 0.2) is 0 Å². The van der Waals surface area contributed by atoms with Crippen molar-refractivity contribution in [2.75, 3.05) is 6.61 Å². The van der Waals surface area contributed by atoms with E-state index in [1.807, 2.05) is 13.8 Å². The van der Waals surface area contributed by atoms with Gasteiger partial charge >= 0.3 is 5.97 Å². The molecule has 0 aliphatic rings. The molecule has 0 fully saturated rings. The van der Waals surface area contributed by atoms with Crippen molar-refractivity contribution in [1.82, 2.24) is 0 Å². The van der Waals surface area contributed by atoms with E-state index in [9.17, 15) is 9.90 Å². The van der Waals surface area contributed by atoms with Gasteiger partial charge < -0.3 is 9.84 Å². The molecule has 0 amide bonds. The first-order chi connectivity index (χ1) is 5.50. The third-order valence-corrected chi connectivity index (χ3v) is 1.85. The fourth-order valence-corrected chi connectivity index (χ4v) is 0.990. The summed E-state index contributed by atoms with van der Waals surface area (Å²) in [6, 6.07) is 0. The van der Waals surface area contributed by atoms with E-state index in [-0.39, 0.29) is 11.9 Å². The molecular formula is C9H18O3. The zero-order valence-corrected chi connectivity index (χ0v) is 8.20. The molecule has 0 saturated heterocycles. The van der Waals surface area contributed by atoms with Gasteiger partial charge in [0, 0.05) is 0 Å². The number of hydrogen-bond donors (Lipinski definition) is 1. The summed E-state index contributed by atoms with van der Waals surface area (Å²) in [4.78, 5) is 11.1. The first kappa shape index (κ1) is 11.4. The summed E-state index contributed by atoms with van der Waals surface area (Å²) in [6.07, 6.45) is -0.607. The van der Waals surface area contributed by atoms with Crippen molar-refractivity contribution in [3.05, 3.63) is 0 Å². The van der Waals surface area contributed by atoms with Gasteiger partial charge in [-0.2, -0.15) is 0 Å². The monoisotopic (exact) mass is 174 g/mol. The number of aliphatic hydroxyl groups is 1. The Morgan fingerprint density at radius 1 is 1.42 bits per heavy atom. The van der Waals surface area contributed by atoms with Gasteiger partial charge in [0.05, 0.1) is 18.6 Å². The van der Waals surface area contributed by atoms with Crippen molar-refractivity contribution in [1.29, 1.82) is 0 Å². The maximum atomic E-state index is 11.1. The van der Waals surface area contributed by atoms with Crippen molar-refractivity contribution < 1.29 is 14.6 Å². The van der Waals surface area contributed by atoms with E-state index >= 15 is 0 Å². The Labute approximate surface area is 73.7 Å². The Morgan fingerprint density at radius 3 is 2.25 bits per heavy atom. The fraction of sp³-hybridized carbons (Fsp3) is 0.889. The number of carbonyl (C=O) groups is 1. The van der Waals surface area contributed by atoms with Crippen LogP contribution in [-0.2, 0) is 9.53 Å². The highest BCUT2D eigenvalue weighted by molar-refractivity contribution is 5.72. The average Bonchev–Trinajstić information content (AvgIpc) is 2.02. The molecule has 0 rings (SSSR count). The molecule has 0 aliphatic carbocycles. The summed E-state index contributed by atoms with van der Waals surface area (Å²) in [5, 5.41) is 9.49. The molecule has 12 heavy (non-hydrogen) atoms. The largest absolute Gasteiger partial charge is 0.466 e. The summed E-state index contributed by atoms with van der Waals surface area (Å²) in [7, 11) is 0. The minimum Gasteiger partial charge on any atom is -0.466 e. The van der Waals surface area contributed by atoms with Crippen LogP contribution in [0.5, 0.6) is 0 Å². The van der Waals surface area contributed by atoms with E-state index < -0.39 is 12.0 Å². The molecule has 0 aromatic carbocycles. The first-order valence-corrected chi connectivity index (χ1v) is 4.35. The smallest absolute Gasteiger partial charge is 0.311 e. The second-order valence-corrected chi connectivity index (χ2v) is 3.28. The molecule has 0 saturated carbocycles. The molecule has 3 nitrogen and oxygen atoms in total. The molecule has 72 valence electrons. The minimum absolute atomic E-state index is 0.0874. The first-order valence-electron chi connectivity index (χ1n) is 4.35. The number of hydrogen-bond acceptors (Lipinski definition) is 3. The van der Waals surface area contributed by atoms with E-state index in [2.05, 4.69) is 0 Å². The van der Waals surface area contributed by atoms with Gasteiger partial charge in [0.25, 0.3) is 0 Å². The molecule has 2 atom stereocenters. The summed E-state index contributed by atoms with van der Waals surface area (Å²) in [5.74, 6) is -0.659. The Hall–Kier alpha value is -0.570. The molecule has 0 heterocycles. The number of rotatable bonds is 4. The van der Waals surface area contributed by atoms with Crippen LogP contribution in [0.3, 0.4) is 0 Å². The van der Waals surface area contributed by atoms with Gasteiger partial charge in [-0.3, -0.25) is 4.79 Å². The third-order valence-electron chi connectivity index (χ3n) is 1.85. The normalized spacial score (nSPS) is 15.8. The van der Waals surface area contributed by atoms with E-state index in [0.29, 0.717) is 6.61 Å². The topological polar surface area (TPSA) is 46.5 Å². The second kappa shape index (κ2) is 5.14. The van der Waals surface area contributed by atoms with Crippen molar-refractivity contribution in [2.24, 2.45) is 11.8 Å². The number of aliphatic hydroxyl groups excluding tert-OH is 1. The Balaban J connectivity index is 4.00. The molecular weight excluding hydrogens is 156 g/mol. The quantitative estimate of drug-likeness (QED) is 0.651. The summed E-state index contributed by atoms with van der Waals surface area (Å²) >= 11 is 0. The Kier molecular flexibility index (Phi) is 4.90. The fourth-order valence-electron chi connectivity index (χ4n) is 0.990. The van der Waals surface area contributed by atoms with Gasteiger partial charge in [-0.1, -0.05) is 13.8 Å². The predicted octanol–water partition coefficient (Wildman–Crippen LogP) is 1.20. The van der Waals surface area contributed by atoms with Crippen LogP contribution in [0.1, 0.15) is 27.7 Å². The lowest BCUT2D eigenvalue weighted by Crippen LogP contribution is -2.31. The lowest BCUT2D eigenvalue weighted by molar-refractivity contribution is -0.152. The molecule has 0 aromatic heterocycles. The Morgan fingerprint density at radius 2 is 1.92 bits per heavy atom. The predicted molar refractivity (Wildman–Crippen MR) is 46.6 cm³/mol. The maximum absolute atomic E-state index is 11.1. The highest BCUT2D eigenvalue weighted by Gasteiger charge is 2.25. The van der Waals surface area contributed by atoms with Crippen molar-refractivity contribution in [3.63, 3.8) is 0 Å². The molecule has 0 radical (unpaired) electrons. The zero-order chi connectivity index (χ0) is 9.72. The molecule has 3 heteroatoms. The van der Waals surface area contributed by atoms with Crippen molar-refractivity contribution in [3.8, 4) is 0 Å². The molecule has 0 aromatic rings. The second-order valence-electron chi connectivity index (χ2n) is 3.28. The van der Waals surface area contributed by atoms with E-state index in [1.54, 1.807) is 13.8 Å². The Bertz CT molecular complexity index is 143.